The number of benzene rings is 2. The zero-order valence-corrected chi connectivity index (χ0v) is 19.4. The van der Waals surface area contributed by atoms with Crippen LogP contribution in [-0.4, -0.2) is 42.6 Å². The second kappa shape index (κ2) is 9.29. The number of imidazole rings is 2. The molecule has 5 rings (SSSR count). The summed E-state index contributed by atoms with van der Waals surface area (Å²) in [4.78, 5) is 56.7. The van der Waals surface area contributed by atoms with Crippen LogP contribution in [0.3, 0.4) is 0 Å². The topological polar surface area (TPSA) is 158 Å². The van der Waals surface area contributed by atoms with Crippen LogP contribution in [0.2, 0.25) is 0 Å². The summed E-state index contributed by atoms with van der Waals surface area (Å²) in [6, 6.07) is 12.5. The number of aromatic amines is 2. The van der Waals surface area contributed by atoms with Gasteiger partial charge in [-0.05, 0) is 23.6 Å². The van der Waals surface area contributed by atoms with Crippen LogP contribution in [-0.2, 0) is 4.79 Å². The number of pyridine rings is 1. The number of carbonyl (C=O) groups excluding carboxylic acids is 3. The second-order valence-electron chi connectivity index (χ2n) is 8.41. The molecule has 5 N–H and O–H groups in total. The summed E-state index contributed by atoms with van der Waals surface area (Å²) in [6.07, 6.45) is 4.71. The number of hydrogen-bond donors (Lipinski definition) is 5. The SMILES string of the molecule is CC(C)C(=O)Nc1cc(C(=O)Nc2ncc[nH]2)c2nc(NC(=O)c3cc4ccccc4cn3)[nH]c2c1. The molecule has 36 heavy (non-hydrogen) atoms. The number of aromatic nitrogens is 5. The zero-order valence-electron chi connectivity index (χ0n) is 19.4. The zero-order chi connectivity index (χ0) is 25.2. The van der Waals surface area contributed by atoms with Crippen LogP contribution < -0.4 is 16.0 Å². The molecular weight excluding hydrogens is 460 g/mol. The maximum atomic E-state index is 13.0. The summed E-state index contributed by atoms with van der Waals surface area (Å²) >= 11 is 0. The highest BCUT2D eigenvalue weighted by atomic mass is 16.2. The van der Waals surface area contributed by atoms with E-state index in [0.29, 0.717) is 16.7 Å². The lowest BCUT2D eigenvalue weighted by Gasteiger charge is -2.10. The van der Waals surface area contributed by atoms with Crippen molar-refractivity contribution in [2.24, 2.45) is 5.92 Å². The molecule has 3 amide bonds. The van der Waals surface area contributed by atoms with Gasteiger partial charge in [-0.1, -0.05) is 38.1 Å². The summed E-state index contributed by atoms with van der Waals surface area (Å²) in [5, 5.41) is 9.94. The first-order valence-electron chi connectivity index (χ1n) is 11.2. The van der Waals surface area contributed by atoms with Gasteiger partial charge < -0.3 is 15.3 Å². The number of nitrogens with zero attached hydrogens (tertiary/aromatic N) is 3. The van der Waals surface area contributed by atoms with Gasteiger partial charge in [0.1, 0.15) is 11.2 Å². The number of H-pyrrole nitrogens is 2. The predicted molar refractivity (Wildman–Crippen MR) is 136 cm³/mol. The lowest BCUT2D eigenvalue weighted by atomic mass is 10.1. The van der Waals surface area contributed by atoms with Crippen LogP contribution in [0.15, 0.2) is 61.1 Å². The average Bonchev–Trinajstić information content (AvgIpc) is 3.52. The fraction of sp³-hybridized carbons (Fsp3) is 0.120. The Labute approximate surface area is 204 Å². The molecule has 0 aliphatic carbocycles. The van der Waals surface area contributed by atoms with Crippen LogP contribution in [0.4, 0.5) is 17.6 Å². The number of rotatable bonds is 6. The maximum absolute atomic E-state index is 13.0. The van der Waals surface area contributed by atoms with Crippen molar-refractivity contribution in [2.45, 2.75) is 13.8 Å². The van der Waals surface area contributed by atoms with Crippen LogP contribution in [0, 0.1) is 5.92 Å². The van der Waals surface area contributed by atoms with Gasteiger partial charge in [0, 0.05) is 35.6 Å². The monoisotopic (exact) mass is 482 g/mol. The Morgan fingerprint density at radius 1 is 0.889 bits per heavy atom. The quantitative estimate of drug-likeness (QED) is 0.247. The minimum absolute atomic E-state index is 0.129. The predicted octanol–water partition coefficient (Wildman–Crippen LogP) is 3.93. The van der Waals surface area contributed by atoms with Crippen molar-refractivity contribution in [1.29, 1.82) is 0 Å². The van der Waals surface area contributed by atoms with Gasteiger partial charge in [-0.15, -0.1) is 0 Å². The maximum Gasteiger partial charge on any atom is 0.276 e. The summed E-state index contributed by atoms with van der Waals surface area (Å²) in [5.74, 6) is -1.03. The Bertz CT molecular complexity index is 1600. The van der Waals surface area contributed by atoms with Crippen LogP contribution in [0.25, 0.3) is 21.8 Å². The van der Waals surface area contributed by atoms with E-state index in [9.17, 15) is 14.4 Å². The first-order chi connectivity index (χ1) is 17.4. The molecule has 0 saturated heterocycles. The smallest absolute Gasteiger partial charge is 0.276 e. The largest absolute Gasteiger partial charge is 0.331 e. The number of carbonyl (C=O) groups is 3. The second-order valence-corrected chi connectivity index (χ2v) is 8.41. The molecule has 11 nitrogen and oxygen atoms in total. The third-order valence-electron chi connectivity index (χ3n) is 5.45. The highest BCUT2D eigenvalue weighted by Crippen LogP contribution is 2.25. The van der Waals surface area contributed by atoms with Gasteiger partial charge in [-0.2, -0.15) is 0 Å². The Morgan fingerprint density at radius 2 is 1.67 bits per heavy atom. The molecule has 0 radical (unpaired) electrons. The molecule has 5 aromatic rings. The van der Waals surface area contributed by atoms with Gasteiger partial charge in [-0.25, -0.2) is 9.97 Å². The Kier molecular flexibility index (Phi) is 5.87. The van der Waals surface area contributed by atoms with E-state index in [1.807, 2.05) is 24.3 Å². The molecule has 0 fully saturated rings. The number of hydrogen-bond acceptors (Lipinski definition) is 6. The molecule has 0 bridgehead atoms. The van der Waals surface area contributed by atoms with Gasteiger partial charge in [0.25, 0.3) is 11.8 Å². The van der Waals surface area contributed by atoms with E-state index in [2.05, 4.69) is 40.9 Å². The molecule has 0 aliphatic rings. The van der Waals surface area contributed by atoms with E-state index in [4.69, 9.17) is 0 Å². The summed E-state index contributed by atoms with van der Waals surface area (Å²) in [6.45, 7) is 3.53. The Hall–Kier alpha value is -5.06. The lowest BCUT2D eigenvalue weighted by molar-refractivity contribution is -0.118. The minimum Gasteiger partial charge on any atom is -0.331 e. The van der Waals surface area contributed by atoms with Crippen LogP contribution in [0.5, 0.6) is 0 Å². The Morgan fingerprint density at radius 3 is 2.42 bits per heavy atom. The fourth-order valence-corrected chi connectivity index (χ4v) is 3.60. The molecule has 0 atom stereocenters. The lowest BCUT2D eigenvalue weighted by Crippen LogP contribution is -2.19. The van der Waals surface area contributed by atoms with E-state index in [1.54, 1.807) is 38.4 Å². The third-order valence-corrected chi connectivity index (χ3v) is 5.45. The first-order valence-corrected chi connectivity index (χ1v) is 11.2. The molecule has 0 aliphatic heterocycles. The number of nitrogens with one attached hydrogen (secondary N) is 5. The number of anilines is 3. The van der Waals surface area contributed by atoms with Gasteiger partial charge >= 0.3 is 0 Å². The normalized spacial score (nSPS) is 11.1. The van der Waals surface area contributed by atoms with Crippen molar-refractivity contribution in [2.75, 3.05) is 16.0 Å². The van der Waals surface area contributed by atoms with E-state index in [-0.39, 0.29) is 35.0 Å². The molecule has 3 aromatic heterocycles. The highest BCUT2D eigenvalue weighted by Gasteiger charge is 2.19. The van der Waals surface area contributed by atoms with Crippen LogP contribution in [0.1, 0.15) is 34.7 Å². The van der Waals surface area contributed by atoms with Crippen molar-refractivity contribution >= 4 is 57.1 Å². The van der Waals surface area contributed by atoms with E-state index in [0.717, 1.165) is 10.8 Å². The molecule has 0 unspecified atom stereocenters. The fourth-order valence-electron chi connectivity index (χ4n) is 3.60. The van der Waals surface area contributed by atoms with E-state index in [1.165, 1.54) is 12.3 Å². The summed E-state index contributed by atoms with van der Waals surface area (Å²) in [5.41, 5.74) is 1.56. The van der Waals surface area contributed by atoms with Gasteiger partial charge in [0.15, 0.2) is 0 Å². The molecule has 3 heterocycles. The average molecular weight is 483 g/mol. The Balaban J connectivity index is 1.48. The minimum atomic E-state index is -0.490. The third kappa shape index (κ3) is 4.62. The van der Waals surface area contributed by atoms with Gasteiger partial charge in [-0.3, -0.25) is 30.0 Å². The number of amides is 3. The van der Waals surface area contributed by atoms with Crippen molar-refractivity contribution in [3.05, 3.63) is 72.3 Å². The molecule has 2 aromatic carbocycles. The summed E-state index contributed by atoms with van der Waals surface area (Å²) in [7, 11) is 0. The van der Waals surface area contributed by atoms with Crippen molar-refractivity contribution in [3.8, 4) is 0 Å². The van der Waals surface area contributed by atoms with Gasteiger partial charge in [0.05, 0.1) is 11.1 Å². The molecule has 11 heteroatoms. The summed E-state index contributed by atoms with van der Waals surface area (Å²) < 4.78 is 0. The molecule has 0 spiro atoms. The van der Waals surface area contributed by atoms with Crippen LogP contribution >= 0.6 is 0 Å². The van der Waals surface area contributed by atoms with E-state index < -0.39 is 11.8 Å². The van der Waals surface area contributed by atoms with E-state index >= 15 is 0 Å². The molecule has 180 valence electrons. The van der Waals surface area contributed by atoms with Gasteiger partial charge in [0.2, 0.25) is 17.8 Å². The van der Waals surface area contributed by atoms with Crippen molar-refractivity contribution < 1.29 is 14.4 Å². The standard InChI is InChI=1S/C25H22N8O3/c1-13(2)21(34)29-16-10-17(22(35)32-24-26-7-8-27-24)20-18(11-16)30-25(31-20)33-23(36)19-9-14-5-3-4-6-15(14)12-28-19/h3-13H,1-2H3,(H,29,34)(H2,26,27,32,35)(H2,30,31,33,36). The molecular formula is C25H22N8O3. The number of fused-ring (bicyclic) bond motifs is 2. The first kappa shape index (κ1) is 22.7. The highest BCUT2D eigenvalue weighted by molar-refractivity contribution is 6.13. The van der Waals surface area contributed by atoms with Crippen molar-refractivity contribution in [3.63, 3.8) is 0 Å². The molecule has 0 saturated carbocycles. The van der Waals surface area contributed by atoms with Crippen molar-refractivity contribution in [1.82, 2.24) is 24.9 Å².